The molecular weight excluding hydrogens is 272 g/mol. The summed E-state index contributed by atoms with van der Waals surface area (Å²) >= 11 is 0. The summed E-state index contributed by atoms with van der Waals surface area (Å²) < 4.78 is 6.27. The van der Waals surface area contributed by atoms with E-state index in [1.807, 2.05) is 10.9 Å². The largest absolute Gasteiger partial charge is 0.307 e. The molecule has 0 aliphatic carbocycles. The zero-order valence-corrected chi connectivity index (χ0v) is 13.8. The van der Waals surface area contributed by atoms with E-state index in [0.29, 0.717) is 0 Å². The fourth-order valence-electron chi connectivity index (χ4n) is 2.71. The Morgan fingerprint density at radius 3 is 2.32 bits per heavy atom. The van der Waals surface area contributed by atoms with Crippen molar-refractivity contribution in [3.05, 3.63) is 59.5 Å². The predicted octanol–water partition coefficient (Wildman–Crippen LogP) is 2.11. The van der Waals surface area contributed by atoms with Crippen molar-refractivity contribution >= 4 is 0 Å². The Balaban J connectivity index is 2.25. The average Bonchev–Trinajstić information content (AvgIpc) is 2.90. The molecule has 0 unspecified atom stereocenters. The molecule has 0 aliphatic rings. The Kier molecular flexibility index (Phi) is 3.53. The van der Waals surface area contributed by atoms with Gasteiger partial charge in [0.15, 0.2) is 11.9 Å². The highest BCUT2D eigenvalue weighted by Crippen LogP contribution is 2.16. The number of rotatable bonds is 2. The molecule has 3 aromatic heterocycles. The quantitative estimate of drug-likeness (QED) is 0.665. The topological polar surface area (TPSA) is 25.6 Å². The van der Waals surface area contributed by atoms with Crippen molar-refractivity contribution in [2.75, 3.05) is 0 Å². The molecule has 3 rings (SSSR count). The van der Waals surface area contributed by atoms with Crippen LogP contribution in [-0.2, 0) is 14.1 Å². The first-order chi connectivity index (χ1) is 10.5. The maximum Gasteiger partial charge on any atom is 0.307 e. The molecule has 0 amide bonds. The van der Waals surface area contributed by atoms with Gasteiger partial charge >= 0.3 is 5.82 Å². The highest BCUT2D eigenvalue weighted by molar-refractivity contribution is 5.50. The molecule has 0 saturated heterocycles. The van der Waals surface area contributed by atoms with Gasteiger partial charge in [-0.25, -0.2) is 4.57 Å². The summed E-state index contributed by atoms with van der Waals surface area (Å²) in [6, 6.07) is 8.71. The molecule has 4 nitrogen and oxygen atoms in total. The van der Waals surface area contributed by atoms with Gasteiger partial charge in [-0.15, -0.1) is 4.68 Å². The lowest BCUT2D eigenvalue weighted by atomic mass is 10.1. The lowest BCUT2D eigenvalue weighted by Crippen LogP contribution is -2.41. The molecule has 0 N–H and O–H groups in total. The molecule has 0 fully saturated rings. The Labute approximate surface area is 131 Å². The summed E-state index contributed by atoms with van der Waals surface area (Å²) in [5, 5.41) is 4.45. The van der Waals surface area contributed by atoms with Crippen LogP contribution in [0, 0.1) is 20.8 Å². The van der Waals surface area contributed by atoms with E-state index in [1.54, 1.807) is 0 Å². The van der Waals surface area contributed by atoms with Gasteiger partial charge in [-0.05, 0) is 38.0 Å². The molecule has 0 radical (unpaired) electrons. The average molecular weight is 294 g/mol. The van der Waals surface area contributed by atoms with Gasteiger partial charge < -0.3 is 0 Å². The van der Waals surface area contributed by atoms with Crippen molar-refractivity contribution in [2.45, 2.75) is 20.8 Å². The normalized spacial score (nSPS) is 11.0. The zero-order valence-electron chi connectivity index (χ0n) is 13.8. The second-order valence-electron chi connectivity index (χ2n) is 6.00. The highest BCUT2D eigenvalue weighted by Gasteiger charge is 2.22. The van der Waals surface area contributed by atoms with Crippen LogP contribution in [0.1, 0.15) is 16.7 Å². The third kappa shape index (κ3) is 2.52. The second kappa shape index (κ2) is 5.37. The maximum atomic E-state index is 4.45. The Morgan fingerprint density at radius 1 is 0.909 bits per heavy atom. The molecule has 0 saturated carbocycles. The molecule has 0 atom stereocenters. The van der Waals surface area contributed by atoms with Crippen LogP contribution < -0.4 is 9.13 Å². The van der Waals surface area contributed by atoms with Crippen LogP contribution in [0.15, 0.2) is 42.9 Å². The molecule has 0 spiro atoms. The van der Waals surface area contributed by atoms with Crippen LogP contribution in [-0.4, -0.2) is 9.78 Å². The van der Waals surface area contributed by atoms with E-state index in [4.69, 9.17) is 0 Å². The summed E-state index contributed by atoms with van der Waals surface area (Å²) in [4.78, 5) is 0. The summed E-state index contributed by atoms with van der Waals surface area (Å²) in [6.45, 7) is 6.30. The highest BCUT2D eigenvalue weighted by atomic mass is 15.3. The first kappa shape index (κ1) is 14.4. The van der Waals surface area contributed by atoms with Crippen LogP contribution in [0.25, 0.3) is 17.2 Å². The minimum atomic E-state index is 1.06. The Hall–Kier alpha value is -2.49. The molecule has 112 valence electrons. The van der Waals surface area contributed by atoms with Gasteiger partial charge in [-0.3, -0.25) is 0 Å². The van der Waals surface area contributed by atoms with Crippen LogP contribution in [0.2, 0.25) is 0 Å². The number of hydrogen-bond donors (Lipinski definition) is 0. The zero-order chi connectivity index (χ0) is 15.9. The number of pyridine rings is 2. The predicted molar refractivity (Wildman–Crippen MR) is 85.6 cm³/mol. The number of nitrogens with zero attached hydrogens (tertiary/aromatic N) is 4. The smallest absolute Gasteiger partial charge is 0.222 e. The third-order valence-electron chi connectivity index (χ3n) is 3.94. The monoisotopic (exact) mass is 294 g/mol. The Morgan fingerprint density at radius 2 is 1.64 bits per heavy atom. The van der Waals surface area contributed by atoms with E-state index in [9.17, 15) is 0 Å². The standard InChI is InChI=1S/C18H22N4/c1-13-6-7-20(4)16(8-13)17-9-14(2)10-18(21(17)5)22-12-15(3)11-19-22/h6-12H,1-5H3/q+2. The van der Waals surface area contributed by atoms with E-state index in [0.717, 1.165) is 11.4 Å². The van der Waals surface area contributed by atoms with Gasteiger partial charge in [0.1, 0.15) is 13.2 Å². The number of aryl methyl sites for hydroxylation is 4. The van der Waals surface area contributed by atoms with Gasteiger partial charge in [0.25, 0.3) is 5.69 Å². The molecule has 4 heteroatoms. The Bertz CT molecular complexity index is 846. The SMILES string of the molecule is Cc1cc[n+](C)c(-c2cc(C)cc(-n3cc(C)cn3)[n+]2C)c1. The number of aromatic nitrogens is 4. The van der Waals surface area contributed by atoms with E-state index < -0.39 is 0 Å². The first-order valence-corrected chi connectivity index (χ1v) is 7.44. The molecule has 22 heavy (non-hydrogen) atoms. The van der Waals surface area contributed by atoms with Crippen LogP contribution in [0.5, 0.6) is 0 Å². The van der Waals surface area contributed by atoms with Gasteiger partial charge in [0.2, 0.25) is 0 Å². The van der Waals surface area contributed by atoms with Crippen LogP contribution in [0.4, 0.5) is 0 Å². The van der Waals surface area contributed by atoms with Crippen LogP contribution in [0.3, 0.4) is 0 Å². The molecule has 3 heterocycles. The second-order valence-corrected chi connectivity index (χ2v) is 6.00. The molecular formula is C18H22N4+2. The molecule has 0 bridgehead atoms. The van der Waals surface area contributed by atoms with Crippen LogP contribution >= 0.6 is 0 Å². The minimum Gasteiger partial charge on any atom is -0.222 e. The van der Waals surface area contributed by atoms with Crippen molar-refractivity contribution < 1.29 is 9.13 Å². The summed E-state index contributed by atoms with van der Waals surface area (Å²) in [5.74, 6) is 1.06. The number of hydrogen-bond acceptors (Lipinski definition) is 1. The van der Waals surface area contributed by atoms with Crippen molar-refractivity contribution in [3.63, 3.8) is 0 Å². The van der Waals surface area contributed by atoms with Crippen molar-refractivity contribution in [1.29, 1.82) is 0 Å². The summed E-state index contributed by atoms with van der Waals surface area (Å²) in [5.41, 5.74) is 6.00. The fraction of sp³-hybridized carbons (Fsp3) is 0.278. The van der Waals surface area contributed by atoms with Gasteiger partial charge in [0.05, 0.1) is 13.2 Å². The molecule has 3 aromatic rings. The maximum absolute atomic E-state index is 4.45. The summed E-state index contributed by atoms with van der Waals surface area (Å²) in [6.07, 6.45) is 6.04. The van der Waals surface area contributed by atoms with Gasteiger partial charge in [-0.1, -0.05) is 5.10 Å². The fourth-order valence-corrected chi connectivity index (χ4v) is 2.71. The van der Waals surface area contributed by atoms with E-state index in [1.165, 1.54) is 22.5 Å². The lowest BCUT2D eigenvalue weighted by molar-refractivity contribution is -0.687. The molecule has 0 aliphatic heterocycles. The van der Waals surface area contributed by atoms with Gasteiger partial charge in [0, 0.05) is 23.8 Å². The minimum absolute atomic E-state index is 1.06. The van der Waals surface area contributed by atoms with Crippen molar-refractivity contribution in [3.8, 4) is 17.2 Å². The summed E-state index contributed by atoms with van der Waals surface area (Å²) in [7, 11) is 4.16. The van der Waals surface area contributed by atoms with Gasteiger partial charge in [-0.2, -0.15) is 4.57 Å². The van der Waals surface area contributed by atoms with E-state index in [2.05, 4.69) is 85.8 Å². The third-order valence-corrected chi connectivity index (χ3v) is 3.94. The lowest BCUT2D eigenvalue weighted by Gasteiger charge is -2.08. The molecule has 0 aromatic carbocycles. The van der Waals surface area contributed by atoms with E-state index in [-0.39, 0.29) is 0 Å². The van der Waals surface area contributed by atoms with Crippen molar-refractivity contribution in [2.24, 2.45) is 14.1 Å². The first-order valence-electron chi connectivity index (χ1n) is 7.44. The van der Waals surface area contributed by atoms with Crippen molar-refractivity contribution in [1.82, 2.24) is 9.78 Å². The van der Waals surface area contributed by atoms with E-state index >= 15 is 0 Å².